The van der Waals surface area contributed by atoms with Crippen LogP contribution in [0.3, 0.4) is 0 Å². The van der Waals surface area contributed by atoms with Crippen molar-refractivity contribution in [3.8, 4) is 33.8 Å². The lowest BCUT2D eigenvalue weighted by Gasteiger charge is -2.32. The number of nitrogens with two attached hydrogens (primary N) is 1. The maximum atomic E-state index is 14.8. The lowest BCUT2D eigenvalue weighted by Crippen LogP contribution is -2.47. The summed E-state index contributed by atoms with van der Waals surface area (Å²) in [4.78, 5) is 114. The number of benzene rings is 4. The summed E-state index contributed by atoms with van der Waals surface area (Å²) in [6.45, 7) is 9.30. The minimum Gasteiger partial charge on any atom is -0.507 e. The number of hydrogen-bond donors (Lipinski definition) is 4. The first kappa shape index (κ1) is 57.5. The Morgan fingerprint density at radius 2 is 1.45 bits per heavy atom. The number of likely N-dealkylation sites (N-methyl/N-ethyl adjacent to an activating group) is 1. The van der Waals surface area contributed by atoms with E-state index in [4.69, 9.17) is 5.73 Å². The highest BCUT2D eigenvalue weighted by atomic mass is 16.3. The van der Waals surface area contributed by atoms with Crippen LogP contribution in [-0.2, 0) is 46.4 Å². The molecule has 4 bridgehead atoms. The van der Waals surface area contributed by atoms with Crippen LogP contribution in [0.25, 0.3) is 22.3 Å². The molecule has 0 aliphatic carbocycles. The smallest absolute Gasteiger partial charge is 0.226 e. The second-order valence-corrected chi connectivity index (χ2v) is 21.1. The fourth-order valence-electron chi connectivity index (χ4n) is 10.5. The summed E-state index contributed by atoms with van der Waals surface area (Å²) < 4.78 is 0. The summed E-state index contributed by atoms with van der Waals surface area (Å²) in [5.74, 6) is -6.50. The number of aromatic hydroxyl groups is 2. The lowest BCUT2D eigenvalue weighted by atomic mass is 9.86. The van der Waals surface area contributed by atoms with Crippen molar-refractivity contribution in [2.24, 2.45) is 29.4 Å². The summed E-state index contributed by atoms with van der Waals surface area (Å²) in [6, 6.07) is 21.9. The summed E-state index contributed by atoms with van der Waals surface area (Å²) in [6.07, 6.45) is 5.54. The number of hydrogen-bond acceptors (Lipinski definition) is 11. The summed E-state index contributed by atoms with van der Waals surface area (Å²) in [7, 11) is 1.47. The van der Waals surface area contributed by atoms with Gasteiger partial charge in [-0.1, -0.05) is 101 Å². The summed E-state index contributed by atoms with van der Waals surface area (Å²) in [5, 5.41) is 25.4. The predicted octanol–water partition coefficient (Wildman–Crippen LogP) is 9.09. The molecule has 4 aromatic carbocycles. The molecular formula is C61H76N4O10. The van der Waals surface area contributed by atoms with Crippen LogP contribution in [0.5, 0.6) is 11.5 Å². The number of nitrogens with one attached hydrogen (secondary N) is 1. The lowest BCUT2D eigenvalue weighted by molar-refractivity contribution is -0.144. The number of Topliss-reactive ketones (excluding diaryl/α,β-unsaturated/α-hetero) is 5. The first-order chi connectivity index (χ1) is 35.8. The van der Waals surface area contributed by atoms with E-state index in [0.29, 0.717) is 61.9 Å². The highest BCUT2D eigenvalue weighted by Crippen LogP contribution is 2.40. The largest absolute Gasteiger partial charge is 0.507 e. The molecule has 400 valence electrons. The number of carbonyl (C=O) groups excluding carboxylic acids is 8. The first-order valence-electron chi connectivity index (χ1n) is 26.9. The van der Waals surface area contributed by atoms with Crippen molar-refractivity contribution in [2.75, 3.05) is 20.1 Å². The van der Waals surface area contributed by atoms with Gasteiger partial charge in [0, 0.05) is 79.6 Å². The van der Waals surface area contributed by atoms with E-state index in [1.807, 2.05) is 12.1 Å². The van der Waals surface area contributed by atoms with E-state index in [9.17, 15) is 48.6 Å². The van der Waals surface area contributed by atoms with E-state index in [1.54, 1.807) is 45.0 Å². The quantitative estimate of drug-likeness (QED) is 0.0429. The number of rotatable bonds is 22. The van der Waals surface area contributed by atoms with Crippen molar-refractivity contribution in [1.82, 2.24) is 15.1 Å². The Kier molecular flexibility index (Phi) is 20.4. The predicted molar refractivity (Wildman–Crippen MR) is 289 cm³/mol. The third kappa shape index (κ3) is 14.7. The zero-order chi connectivity index (χ0) is 54.5. The molecule has 14 nitrogen and oxygen atoms in total. The van der Waals surface area contributed by atoms with E-state index >= 15 is 0 Å². The van der Waals surface area contributed by atoms with E-state index in [1.165, 1.54) is 53.6 Å². The molecule has 1 fully saturated rings. The molecule has 6 rings (SSSR count). The molecule has 3 amide bonds. The third-order valence-electron chi connectivity index (χ3n) is 15.2. The molecule has 2 aliphatic heterocycles. The number of phenolic OH excluding ortho intramolecular Hbond substituents is 2. The minimum absolute atomic E-state index is 0.0400. The third-order valence-corrected chi connectivity index (χ3v) is 15.2. The molecule has 75 heavy (non-hydrogen) atoms. The molecule has 5 N–H and O–H groups in total. The maximum Gasteiger partial charge on any atom is 0.226 e. The van der Waals surface area contributed by atoms with Gasteiger partial charge in [-0.15, -0.1) is 0 Å². The molecule has 0 saturated carbocycles. The van der Waals surface area contributed by atoms with Crippen LogP contribution in [0.1, 0.15) is 145 Å². The second-order valence-electron chi connectivity index (χ2n) is 21.1. The number of fused-ring (bicyclic) bond motifs is 5. The molecule has 0 unspecified atom stereocenters. The van der Waals surface area contributed by atoms with E-state index in [0.717, 1.165) is 30.4 Å². The zero-order valence-electron chi connectivity index (χ0n) is 44.6. The number of ketones is 5. The van der Waals surface area contributed by atoms with E-state index < -0.39 is 65.2 Å². The van der Waals surface area contributed by atoms with Crippen molar-refractivity contribution in [3.63, 3.8) is 0 Å². The summed E-state index contributed by atoms with van der Waals surface area (Å²) >= 11 is 0. The topological polar surface area (TPSA) is 222 Å². The molecular weight excluding hydrogens is 949 g/mol. The fourth-order valence-corrected chi connectivity index (χ4v) is 10.5. The zero-order valence-corrected chi connectivity index (χ0v) is 44.6. The number of likely N-dealkylation sites (tertiary alicyclic amines) is 1. The molecule has 4 aromatic rings. The Bertz CT molecular complexity index is 2720. The van der Waals surface area contributed by atoms with Gasteiger partial charge in [0.15, 0.2) is 23.1 Å². The number of unbranched alkanes of at least 4 members (excludes halogenated alkanes) is 2. The maximum absolute atomic E-state index is 14.8. The molecule has 0 radical (unpaired) electrons. The number of carbonyl (C=O) groups is 8. The van der Waals surface area contributed by atoms with Gasteiger partial charge in [-0.2, -0.15) is 0 Å². The molecule has 2 heterocycles. The normalized spacial score (nSPS) is 19.1. The first-order valence-corrected chi connectivity index (χ1v) is 26.9. The standard InChI is InChI=1S/C61H76N4O10/c1-7-8-12-41-16-19-43(20-17-41)44-21-23-45(24-22-44)52(67)26-15-37(2)55(70)36-47(13-9-10-29-62)61(75)64(6)58-46-25-28-54(69)49(35-46)48-33-42(18-27-53(48)68)34-50(63-59(73)38(3)31-57(58)72)56(71)32-39(4)60(74)65-30-11-14-51(65)40(5)66/h16-25,27-28,33,35,37-39,47,50-51,58,68-69H,7-15,26,29-32,34,36,62H2,1-6H3,(H,63,73)/t37-,38-,39-,47-,50+,51+,58+/m1/s1. The number of amides is 3. The van der Waals surface area contributed by atoms with Crippen LogP contribution in [0.2, 0.25) is 0 Å². The Labute approximate surface area is 441 Å². The van der Waals surface area contributed by atoms with Crippen molar-refractivity contribution < 1.29 is 48.6 Å². The molecule has 1 saturated heterocycles. The van der Waals surface area contributed by atoms with Gasteiger partial charge in [0.1, 0.15) is 23.3 Å². The Morgan fingerprint density at radius 1 is 0.800 bits per heavy atom. The average molecular weight is 1030 g/mol. The van der Waals surface area contributed by atoms with Crippen LogP contribution in [0.15, 0.2) is 84.9 Å². The van der Waals surface area contributed by atoms with Crippen molar-refractivity contribution >= 4 is 46.6 Å². The fraction of sp³-hybridized carbons (Fsp3) is 0.475. The number of nitrogens with zero attached hydrogens (tertiary/aromatic N) is 2. The van der Waals surface area contributed by atoms with Crippen molar-refractivity contribution in [2.45, 2.75) is 143 Å². The number of phenols is 2. The Morgan fingerprint density at radius 3 is 2.11 bits per heavy atom. The monoisotopic (exact) mass is 1020 g/mol. The van der Waals surface area contributed by atoms with E-state index in [-0.39, 0.29) is 84.4 Å². The number of aryl methyl sites for hydroxylation is 1. The Hall–Kier alpha value is -6.80. The van der Waals surface area contributed by atoms with Crippen molar-refractivity contribution in [1.29, 1.82) is 0 Å². The Balaban J connectivity index is 1.20. The van der Waals surface area contributed by atoms with Gasteiger partial charge in [-0.05, 0) is 117 Å². The summed E-state index contributed by atoms with van der Waals surface area (Å²) in [5.41, 5.74) is 10.9. The highest BCUT2D eigenvalue weighted by Gasteiger charge is 2.38. The van der Waals surface area contributed by atoms with Crippen LogP contribution in [0.4, 0.5) is 0 Å². The molecule has 0 aromatic heterocycles. The van der Waals surface area contributed by atoms with Gasteiger partial charge in [0.2, 0.25) is 17.7 Å². The highest BCUT2D eigenvalue weighted by molar-refractivity contribution is 5.99. The van der Waals surface area contributed by atoms with Gasteiger partial charge < -0.3 is 31.1 Å². The molecule has 2 aliphatic rings. The minimum atomic E-state index is -1.31. The van der Waals surface area contributed by atoms with Crippen molar-refractivity contribution in [3.05, 3.63) is 107 Å². The van der Waals surface area contributed by atoms with Gasteiger partial charge in [-0.3, -0.25) is 38.4 Å². The van der Waals surface area contributed by atoms with Crippen LogP contribution < -0.4 is 11.1 Å². The van der Waals surface area contributed by atoms with Crippen LogP contribution in [0, 0.1) is 23.7 Å². The van der Waals surface area contributed by atoms with Gasteiger partial charge in [-0.25, -0.2) is 0 Å². The van der Waals surface area contributed by atoms with Gasteiger partial charge in [0.25, 0.3) is 0 Å². The molecule has 7 atom stereocenters. The van der Waals surface area contributed by atoms with E-state index in [2.05, 4.69) is 36.5 Å². The molecule has 14 heteroatoms. The van der Waals surface area contributed by atoms with Crippen LogP contribution >= 0.6 is 0 Å². The van der Waals surface area contributed by atoms with Gasteiger partial charge >= 0.3 is 0 Å². The van der Waals surface area contributed by atoms with Gasteiger partial charge in [0.05, 0.1) is 12.1 Å². The second kappa shape index (κ2) is 26.6. The molecule has 0 spiro atoms. The van der Waals surface area contributed by atoms with Crippen LogP contribution in [-0.4, -0.2) is 98.9 Å². The SMILES string of the molecule is CCCCc1ccc(-c2ccc(C(=O)CC[C@@H](C)C(=O)C[C@@H](CCCCN)C(=O)N(C)[C@@H]3C(=O)C[C@@H](C)C(=O)N[C@H](C(=O)C[C@@H](C)C(=O)N4CCC[C@H]4C(C)=O)Cc4ccc(O)c(c4)-c4cc3ccc4O)cc2)cc1. The average Bonchev–Trinajstić information content (AvgIpc) is 3.90.